The summed E-state index contributed by atoms with van der Waals surface area (Å²) in [6, 6.07) is 0. The highest BCUT2D eigenvalue weighted by atomic mass is 16.1. The molecule has 0 heterocycles. The highest BCUT2D eigenvalue weighted by molar-refractivity contribution is 5.85. The van der Waals surface area contributed by atoms with Gasteiger partial charge in [0.2, 0.25) is 5.91 Å². The molecule has 1 aliphatic rings. The molecule has 2 atom stereocenters. The van der Waals surface area contributed by atoms with Crippen LogP contribution in [-0.4, -0.2) is 5.91 Å². The first-order valence-corrected chi connectivity index (χ1v) is 3.65. The van der Waals surface area contributed by atoms with Gasteiger partial charge in [0, 0.05) is 0 Å². The SMILES string of the molecule is CC1C(C)(C)C1(C)C(N)=O. The molecule has 0 aromatic carbocycles. The Bertz CT molecular complexity index is 186. The average Bonchev–Trinajstić information content (AvgIpc) is 2.16. The van der Waals surface area contributed by atoms with Gasteiger partial charge in [-0.2, -0.15) is 0 Å². The van der Waals surface area contributed by atoms with Crippen molar-refractivity contribution in [2.45, 2.75) is 27.7 Å². The van der Waals surface area contributed by atoms with Crippen LogP contribution in [0.4, 0.5) is 0 Å². The summed E-state index contributed by atoms with van der Waals surface area (Å²) in [6.07, 6.45) is 0. The summed E-state index contributed by atoms with van der Waals surface area (Å²) in [5, 5.41) is 0. The van der Waals surface area contributed by atoms with Crippen LogP contribution in [0.25, 0.3) is 0 Å². The molecule has 2 unspecified atom stereocenters. The number of carbonyl (C=O) groups is 1. The fourth-order valence-corrected chi connectivity index (χ4v) is 1.81. The number of hydrogen-bond acceptors (Lipinski definition) is 1. The molecule has 1 rings (SSSR count). The van der Waals surface area contributed by atoms with Crippen LogP contribution < -0.4 is 5.73 Å². The molecule has 0 aliphatic heterocycles. The first kappa shape index (κ1) is 7.58. The number of amides is 1. The molecule has 2 heteroatoms. The van der Waals surface area contributed by atoms with Gasteiger partial charge in [-0.3, -0.25) is 4.79 Å². The predicted molar refractivity (Wildman–Crippen MR) is 40.2 cm³/mol. The molecule has 1 aliphatic carbocycles. The zero-order valence-corrected chi connectivity index (χ0v) is 7.06. The van der Waals surface area contributed by atoms with E-state index in [0.717, 1.165) is 0 Å². The minimum atomic E-state index is -0.257. The minimum Gasteiger partial charge on any atom is -0.369 e. The largest absolute Gasteiger partial charge is 0.369 e. The summed E-state index contributed by atoms with van der Waals surface area (Å²) in [6.45, 7) is 8.19. The fraction of sp³-hybridized carbons (Fsp3) is 0.875. The van der Waals surface area contributed by atoms with Crippen molar-refractivity contribution < 1.29 is 4.79 Å². The highest BCUT2D eigenvalue weighted by Crippen LogP contribution is 2.68. The Morgan fingerprint density at radius 3 is 1.70 bits per heavy atom. The van der Waals surface area contributed by atoms with Crippen molar-refractivity contribution in [2.75, 3.05) is 0 Å². The van der Waals surface area contributed by atoms with Gasteiger partial charge in [-0.15, -0.1) is 0 Å². The second-order valence-corrected chi connectivity index (χ2v) is 4.01. The molecule has 1 fully saturated rings. The lowest BCUT2D eigenvalue weighted by atomic mass is 9.98. The number of hydrogen-bond donors (Lipinski definition) is 1. The molecule has 58 valence electrons. The van der Waals surface area contributed by atoms with Crippen LogP contribution in [0.5, 0.6) is 0 Å². The molecule has 2 N–H and O–H groups in total. The molecular weight excluding hydrogens is 126 g/mol. The first-order chi connectivity index (χ1) is 4.35. The molecule has 0 spiro atoms. The lowest BCUT2D eigenvalue weighted by Gasteiger charge is -2.08. The van der Waals surface area contributed by atoms with Crippen LogP contribution >= 0.6 is 0 Å². The summed E-state index contributed by atoms with van der Waals surface area (Å²) < 4.78 is 0. The number of nitrogens with two attached hydrogens (primary N) is 1. The van der Waals surface area contributed by atoms with E-state index in [4.69, 9.17) is 5.73 Å². The van der Waals surface area contributed by atoms with Gasteiger partial charge in [0.25, 0.3) is 0 Å². The third-order valence-corrected chi connectivity index (χ3v) is 3.72. The monoisotopic (exact) mass is 141 g/mol. The van der Waals surface area contributed by atoms with Crippen LogP contribution in [-0.2, 0) is 4.79 Å². The third-order valence-electron chi connectivity index (χ3n) is 3.72. The maximum Gasteiger partial charge on any atom is 0.224 e. The van der Waals surface area contributed by atoms with Crippen molar-refractivity contribution in [3.05, 3.63) is 0 Å². The zero-order chi connectivity index (χ0) is 8.15. The summed E-state index contributed by atoms with van der Waals surface area (Å²) in [5.74, 6) is 0.266. The molecule has 1 amide bonds. The molecule has 2 nitrogen and oxygen atoms in total. The van der Waals surface area contributed by atoms with Crippen molar-refractivity contribution in [3.63, 3.8) is 0 Å². The second-order valence-electron chi connectivity index (χ2n) is 4.01. The molecule has 0 aromatic heterocycles. The number of primary amides is 1. The van der Waals surface area contributed by atoms with E-state index < -0.39 is 0 Å². The molecular formula is C8H15NO. The molecule has 0 saturated heterocycles. The van der Waals surface area contributed by atoms with E-state index in [1.165, 1.54) is 0 Å². The Labute approximate surface area is 61.8 Å². The normalized spacial score (nSPS) is 43.0. The zero-order valence-electron chi connectivity index (χ0n) is 7.06. The summed E-state index contributed by atoms with van der Waals surface area (Å²) in [7, 11) is 0. The van der Waals surface area contributed by atoms with Gasteiger partial charge in [-0.1, -0.05) is 20.8 Å². The van der Waals surface area contributed by atoms with Crippen molar-refractivity contribution in [2.24, 2.45) is 22.5 Å². The van der Waals surface area contributed by atoms with E-state index in [1.807, 2.05) is 6.92 Å². The van der Waals surface area contributed by atoms with Crippen LogP contribution in [0.3, 0.4) is 0 Å². The fourth-order valence-electron chi connectivity index (χ4n) is 1.81. The van der Waals surface area contributed by atoms with Gasteiger partial charge < -0.3 is 5.73 Å². The summed E-state index contributed by atoms with van der Waals surface area (Å²) >= 11 is 0. The average molecular weight is 141 g/mol. The van der Waals surface area contributed by atoms with Crippen molar-refractivity contribution >= 4 is 5.91 Å². The van der Waals surface area contributed by atoms with Crippen molar-refractivity contribution in [1.82, 2.24) is 0 Å². The molecule has 0 bridgehead atoms. The van der Waals surface area contributed by atoms with Crippen LogP contribution in [0.2, 0.25) is 0 Å². The Morgan fingerprint density at radius 1 is 1.40 bits per heavy atom. The third kappa shape index (κ3) is 0.522. The lowest BCUT2D eigenvalue weighted by Crippen LogP contribution is -2.26. The maximum atomic E-state index is 10.9. The summed E-state index contributed by atoms with van der Waals surface area (Å²) in [4.78, 5) is 10.9. The van der Waals surface area contributed by atoms with Gasteiger partial charge in [0.15, 0.2) is 0 Å². The quantitative estimate of drug-likeness (QED) is 0.585. The first-order valence-electron chi connectivity index (χ1n) is 3.65. The van der Waals surface area contributed by atoms with E-state index in [1.54, 1.807) is 0 Å². The van der Waals surface area contributed by atoms with Gasteiger partial charge in [-0.05, 0) is 18.3 Å². The standard InChI is InChI=1S/C8H15NO/c1-5-7(2,3)8(5,4)6(9)10/h5H,1-4H3,(H2,9,10). The summed E-state index contributed by atoms with van der Waals surface area (Å²) in [5.41, 5.74) is 5.11. The number of rotatable bonds is 1. The van der Waals surface area contributed by atoms with Gasteiger partial charge >= 0.3 is 0 Å². The predicted octanol–water partition coefficient (Wildman–Crippen LogP) is 1.15. The molecule has 10 heavy (non-hydrogen) atoms. The number of carbonyl (C=O) groups excluding carboxylic acids is 1. The highest BCUT2D eigenvalue weighted by Gasteiger charge is 2.68. The van der Waals surface area contributed by atoms with E-state index in [-0.39, 0.29) is 16.7 Å². The topological polar surface area (TPSA) is 43.1 Å². The van der Waals surface area contributed by atoms with Crippen molar-refractivity contribution in [3.8, 4) is 0 Å². The Kier molecular flexibility index (Phi) is 1.17. The minimum absolute atomic E-state index is 0.110. The van der Waals surface area contributed by atoms with Gasteiger partial charge in [0.1, 0.15) is 0 Å². The van der Waals surface area contributed by atoms with Crippen LogP contribution in [0, 0.1) is 16.7 Å². The van der Waals surface area contributed by atoms with Crippen LogP contribution in [0.1, 0.15) is 27.7 Å². The van der Waals surface area contributed by atoms with E-state index >= 15 is 0 Å². The smallest absolute Gasteiger partial charge is 0.224 e. The Hall–Kier alpha value is -0.530. The van der Waals surface area contributed by atoms with Crippen molar-refractivity contribution in [1.29, 1.82) is 0 Å². The molecule has 0 aromatic rings. The van der Waals surface area contributed by atoms with E-state index in [2.05, 4.69) is 20.8 Å². The van der Waals surface area contributed by atoms with Gasteiger partial charge in [0.05, 0.1) is 5.41 Å². The second kappa shape index (κ2) is 1.55. The maximum absolute atomic E-state index is 10.9. The molecule has 0 radical (unpaired) electrons. The molecule has 1 saturated carbocycles. The van der Waals surface area contributed by atoms with E-state index in [9.17, 15) is 4.79 Å². The Balaban J connectivity index is 2.88. The van der Waals surface area contributed by atoms with E-state index in [0.29, 0.717) is 5.92 Å². The van der Waals surface area contributed by atoms with Crippen LogP contribution in [0.15, 0.2) is 0 Å². The Morgan fingerprint density at radius 2 is 1.70 bits per heavy atom. The lowest BCUT2D eigenvalue weighted by molar-refractivity contribution is -0.123. The van der Waals surface area contributed by atoms with Gasteiger partial charge in [-0.25, -0.2) is 0 Å².